The van der Waals surface area contributed by atoms with Gasteiger partial charge in [-0.2, -0.15) is 0 Å². The number of nitrogens with zero attached hydrogens (tertiary/aromatic N) is 1. The Morgan fingerprint density at radius 2 is 2.31 bits per heavy atom. The summed E-state index contributed by atoms with van der Waals surface area (Å²) in [7, 11) is 1.75. The molecule has 5 heteroatoms. The summed E-state index contributed by atoms with van der Waals surface area (Å²) < 4.78 is 4.71. The maximum absolute atomic E-state index is 10.6. The number of halogens is 1. The van der Waals surface area contributed by atoms with Gasteiger partial charge in [-0.25, -0.2) is 4.79 Å². The average molecular weight is 210 g/mol. The highest BCUT2D eigenvalue weighted by atomic mass is 35.5. The topological polar surface area (TPSA) is 49.8 Å². The van der Waals surface area contributed by atoms with E-state index in [0.717, 1.165) is 6.08 Å². The molecule has 0 aliphatic heterocycles. The van der Waals surface area contributed by atoms with Gasteiger partial charge in [0.2, 0.25) is 0 Å². The van der Waals surface area contributed by atoms with Crippen LogP contribution in [0.3, 0.4) is 0 Å². The third-order valence-electron chi connectivity index (χ3n) is 1.17. The van der Waals surface area contributed by atoms with Gasteiger partial charge in [0, 0.05) is 12.6 Å². The Balaban J connectivity index is 0. The molecule has 1 N–H and O–H groups in total. The Kier molecular flexibility index (Phi) is 9.22. The summed E-state index contributed by atoms with van der Waals surface area (Å²) in [5.41, 5.74) is 0. The first-order valence-electron chi connectivity index (χ1n) is 3.72. The van der Waals surface area contributed by atoms with E-state index in [1.807, 2.05) is 0 Å². The number of hydrogen-bond donors (Lipinski definition) is 1. The van der Waals surface area contributed by atoms with Crippen LogP contribution >= 0.6 is 12.4 Å². The van der Waals surface area contributed by atoms with Gasteiger partial charge in [0.15, 0.2) is 0 Å². The Morgan fingerprint density at radius 1 is 1.77 bits per heavy atom. The molecule has 0 fully saturated rings. The minimum atomic E-state index is -0.451. The highest BCUT2D eigenvalue weighted by molar-refractivity contribution is 5.85. The summed E-state index contributed by atoms with van der Waals surface area (Å²) in [5.74, 6) is -0.451. The van der Waals surface area contributed by atoms with Crippen LogP contribution in [-0.4, -0.2) is 42.4 Å². The maximum Gasteiger partial charge on any atom is 0.331 e. The second kappa shape index (κ2) is 8.04. The van der Waals surface area contributed by atoms with Crippen molar-refractivity contribution >= 4 is 18.4 Å². The molecule has 0 radical (unpaired) electrons. The molecule has 0 bridgehead atoms. The van der Waals surface area contributed by atoms with E-state index in [-0.39, 0.29) is 19.1 Å². The Bertz CT molecular complexity index is 161. The smallest absolute Gasteiger partial charge is 0.331 e. The lowest BCUT2D eigenvalue weighted by Crippen LogP contribution is -2.30. The van der Waals surface area contributed by atoms with Crippen LogP contribution in [0.1, 0.15) is 6.92 Å². The summed E-state index contributed by atoms with van der Waals surface area (Å²) in [6.07, 6.45) is 0.688. The molecule has 4 nitrogen and oxygen atoms in total. The van der Waals surface area contributed by atoms with Gasteiger partial charge in [0.1, 0.15) is 6.73 Å². The maximum atomic E-state index is 10.6. The van der Waals surface area contributed by atoms with E-state index in [1.54, 1.807) is 18.9 Å². The van der Waals surface area contributed by atoms with E-state index in [9.17, 15) is 4.79 Å². The number of ether oxygens (including phenoxy) is 1. The van der Waals surface area contributed by atoms with Crippen LogP contribution in [0.5, 0.6) is 0 Å². The predicted molar refractivity (Wildman–Crippen MR) is 52.7 cm³/mol. The highest BCUT2D eigenvalue weighted by Crippen LogP contribution is 1.89. The first-order chi connectivity index (χ1) is 5.56. The first kappa shape index (κ1) is 14.9. The van der Waals surface area contributed by atoms with Gasteiger partial charge in [-0.05, 0) is 14.0 Å². The number of hydrogen-bond acceptors (Lipinski definition) is 4. The third-order valence-corrected chi connectivity index (χ3v) is 1.17. The van der Waals surface area contributed by atoms with E-state index < -0.39 is 12.1 Å². The van der Waals surface area contributed by atoms with Crippen molar-refractivity contribution < 1.29 is 14.6 Å². The molecule has 0 aliphatic carbocycles. The van der Waals surface area contributed by atoms with Crippen molar-refractivity contribution in [2.45, 2.75) is 13.0 Å². The first-order valence-corrected chi connectivity index (χ1v) is 3.72. The van der Waals surface area contributed by atoms with E-state index in [2.05, 4.69) is 6.58 Å². The van der Waals surface area contributed by atoms with Crippen molar-refractivity contribution in [1.29, 1.82) is 0 Å². The number of likely N-dealkylation sites (N-methyl/N-ethyl adjacent to an activating group) is 1. The normalized spacial score (nSPS) is 11.7. The van der Waals surface area contributed by atoms with Gasteiger partial charge in [0.25, 0.3) is 0 Å². The van der Waals surface area contributed by atoms with Crippen molar-refractivity contribution in [3.05, 3.63) is 12.7 Å². The molecule has 0 rings (SSSR count). The lowest BCUT2D eigenvalue weighted by molar-refractivity contribution is -0.142. The zero-order chi connectivity index (χ0) is 9.56. The highest BCUT2D eigenvalue weighted by Gasteiger charge is 2.03. The van der Waals surface area contributed by atoms with Gasteiger partial charge in [-0.3, -0.25) is 4.90 Å². The zero-order valence-corrected chi connectivity index (χ0v) is 8.71. The van der Waals surface area contributed by atoms with Gasteiger partial charge in [-0.1, -0.05) is 6.58 Å². The van der Waals surface area contributed by atoms with Crippen LogP contribution in [0.4, 0.5) is 0 Å². The van der Waals surface area contributed by atoms with E-state index in [4.69, 9.17) is 9.84 Å². The number of esters is 1. The molecule has 1 unspecified atom stereocenters. The largest absolute Gasteiger partial charge is 0.446 e. The second-order valence-electron chi connectivity index (χ2n) is 2.68. The molecule has 78 valence electrons. The van der Waals surface area contributed by atoms with Gasteiger partial charge in [0.05, 0.1) is 6.10 Å². The molecule has 0 aromatic heterocycles. The van der Waals surface area contributed by atoms with E-state index in [1.165, 1.54) is 0 Å². The Hall–Kier alpha value is -0.580. The number of carbonyl (C=O) groups excluding carboxylic acids is 1. The van der Waals surface area contributed by atoms with Crippen molar-refractivity contribution in [3.8, 4) is 0 Å². The van der Waals surface area contributed by atoms with E-state index in [0.29, 0.717) is 6.54 Å². The molecular formula is C8H16ClNO3. The molecule has 1 atom stereocenters. The van der Waals surface area contributed by atoms with Crippen LogP contribution in [0.2, 0.25) is 0 Å². The zero-order valence-electron chi connectivity index (χ0n) is 7.90. The number of carbonyl (C=O) groups is 1. The quantitative estimate of drug-likeness (QED) is 0.405. The summed E-state index contributed by atoms with van der Waals surface area (Å²) in [4.78, 5) is 12.3. The molecule has 0 aliphatic rings. The molecule has 0 saturated heterocycles. The molecule has 0 spiro atoms. The van der Waals surface area contributed by atoms with Gasteiger partial charge >= 0.3 is 5.97 Å². The fourth-order valence-electron chi connectivity index (χ4n) is 0.737. The van der Waals surface area contributed by atoms with Gasteiger partial charge in [-0.15, -0.1) is 12.4 Å². The SMILES string of the molecule is C=CC(=O)OCN(C)CC(C)O.Cl. The number of rotatable bonds is 5. The molecule has 0 saturated carbocycles. The van der Waals surface area contributed by atoms with Crippen molar-refractivity contribution in [2.75, 3.05) is 20.3 Å². The molecular weight excluding hydrogens is 194 g/mol. The summed E-state index contributed by atoms with van der Waals surface area (Å²) in [6, 6.07) is 0. The predicted octanol–water partition coefficient (Wildman–Crippen LogP) is 0.408. The fourth-order valence-corrected chi connectivity index (χ4v) is 0.737. The lowest BCUT2D eigenvalue weighted by atomic mass is 10.4. The molecule has 0 aromatic carbocycles. The van der Waals surface area contributed by atoms with Crippen molar-refractivity contribution in [2.24, 2.45) is 0 Å². The summed E-state index contributed by atoms with van der Waals surface area (Å²) >= 11 is 0. The average Bonchev–Trinajstić information content (AvgIpc) is 1.99. The van der Waals surface area contributed by atoms with Gasteiger partial charge < -0.3 is 9.84 Å². The van der Waals surface area contributed by atoms with Crippen molar-refractivity contribution in [1.82, 2.24) is 4.90 Å². The van der Waals surface area contributed by atoms with Crippen LogP contribution in [0, 0.1) is 0 Å². The third kappa shape index (κ3) is 9.33. The van der Waals surface area contributed by atoms with E-state index >= 15 is 0 Å². The molecule has 13 heavy (non-hydrogen) atoms. The van der Waals surface area contributed by atoms with Crippen LogP contribution in [0.15, 0.2) is 12.7 Å². The molecule has 0 aromatic rings. The minimum Gasteiger partial charge on any atom is -0.446 e. The van der Waals surface area contributed by atoms with Crippen LogP contribution in [0.25, 0.3) is 0 Å². The molecule has 0 heterocycles. The number of aliphatic hydroxyl groups is 1. The molecule has 0 amide bonds. The minimum absolute atomic E-state index is 0. The Morgan fingerprint density at radius 3 is 2.69 bits per heavy atom. The van der Waals surface area contributed by atoms with Crippen molar-refractivity contribution in [3.63, 3.8) is 0 Å². The fraction of sp³-hybridized carbons (Fsp3) is 0.625. The number of aliphatic hydroxyl groups excluding tert-OH is 1. The lowest BCUT2D eigenvalue weighted by Gasteiger charge is -2.17. The summed E-state index contributed by atoms with van der Waals surface area (Å²) in [6.45, 7) is 5.58. The second-order valence-corrected chi connectivity index (χ2v) is 2.68. The van der Waals surface area contributed by atoms with Crippen LogP contribution < -0.4 is 0 Å². The Labute approximate surface area is 84.6 Å². The standard InChI is InChI=1S/C8H15NO3.ClH/c1-4-8(11)12-6-9(3)5-7(2)10;/h4,7,10H,1,5-6H2,2-3H3;1H. The summed E-state index contributed by atoms with van der Waals surface area (Å²) in [5, 5.41) is 8.94. The van der Waals surface area contributed by atoms with Crippen LogP contribution in [-0.2, 0) is 9.53 Å². The monoisotopic (exact) mass is 209 g/mol.